The predicted molar refractivity (Wildman–Crippen MR) is 128 cm³/mol. The number of pyridine rings is 1. The second kappa shape index (κ2) is 11.8. The predicted octanol–water partition coefficient (Wildman–Crippen LogP) is 4.01. The minimum Gasteiger partial charge on any atom is -0.493 e. The van der Waals surface area contributed by atoms with Gasteiger partial charge in [-0.2, -0.15) is 8.42 Å². The Morgan fingerprint density at radius 2 is 1.82 bits per heavy atom. The fraction of sp³-hybridized carbons (Fsp3) is 0.240. The second-order valence-electron chi connectivity index (χ2n) is 7.59. The SMILES string of the molecule is CC(CCOc1cccc(C(C(CC(=O)O)c2ccccc2)=S(=O)=O)c1)Nc1ccccn1. The van der Waals surface area contributed by atoms with Gasteiger partial charge in [0.15, 0.2) is 0 Å². The molecule has 2 aromatic carbocycles. The molecule has 2 atom stereocenters. The summed E-state index contributed by atoms with van der Waals surface area (Å²) in [5.41, 5.74) is 1.04. The van der Waals surface area contributed by atoms with Gasteiger partial charge in [-0.3, -0.25) is 4.79 Å². The molecule has 1 heterocycles. The number of carboxylic acid groups (broad SMARTS) is 1. The molecule has 0 saturated heterocycles. The Labute approximate surface area is 194 Å². The molecule has 2 N–H and O–H groups in total. The van der Waals surface area contributed by atoms with Gasteiger partial charge in [0, 0.05) is 24.6 Å². The number of aliphatic carboxylic acids is 1. The zero-order valence-corrected chi connectivity index (χ0v) is 19.0. The van der Waals surface area contributed by atoms with Crippen molar-refractivity contribution >= 4 is 26.9 Å². The number of benzene rings is 2. The normalized spacial score (nSPS) is 12.4. The Kier molecular flexibility index (Phi) is 8.60. The lowest BCUT2D eigenvalue weighted by Gasteiger charge is -2.18. The Bertz CT molecular complexity index is 1190. The van der Waals surface area contributed by atoms with Gasteiger partial charge in [-0.25, -0.2) is 4.98 Å². The average molecular weight is 467 g/mol. The van der Waals surface area contributed by atoms with E-state index in [1.54, 1.807) is 60.8 Å². The van der Waals surface area contributed by atoms with Crippen molar-refractivity contribution in [2.75, 3.05) is 11.9 Å². The molecule has 0 aliphatic rings. The van der Waals surface area contributed by atoms with Gasteiger partial charge < -0.3 is 15.2 Å². The quantitative estimate of drug-likeness (QED) is 0.325. The lowest BCUT2D eigenvalue weighted by Crippen LogP contribution is -2.20. The van der Waals surface area contributed by atoms with Crippen LogP contribution in [0.1, 0.15) is 36.8 Å². The minimum absolute atomic E-state index is 0.0271. The van der Waals surface area contributed by atoms with Crippen molar-refractivity contribution in [3.05, 3.63) is 90.1 Å². The van der Waals surface area contributed by atoms with E-state index < -0.39 is 22.2 Å². The topological polar surface area (TPSA) is 106 Å². The third kappa shape index (κ3) is 7.18. The molecular formula is C25H26N2O5S. The highest BCUT2D eigenvalue weighted by atomic mass is 32.2. The number of nitrogens with one attached hydrogen (secondary N) is 1. The molecule has 33 heavy (non-hydrogen) atoms. The summed E-state index contributed by atoms with van der Waals surface area (Å²) in [4.78, 5) is 15.8. The van der Waals surface area contributed by atoms with Crippen molar-refractivity contribution in [1.29, 1.82) is 0 Å². The maximum Gasteiger partial charge on any atom is 0.304 e. The standard InChI is InChI=1S/C25H26N2O5S/c1-18(27-23-12-5-6-14-26-23)13-15-32-21-11-7-10-20(16-21)25(33(30)31)22(17-24(28)29)19-8-3-2-4-9-19/h2-12,14,16,18,22H,13,15,17H2,1H3,(H,26,27)(H,28,29). The number of nitrogens with zero attached hydrogens (tertiary/aromatic N) is 1. The van der Waals surface area contributed by atoms with Crippen LogP contribution in [0.5, 0.6) is 5.75 Å². The first-order chi connectivity index (χ1) is 15.9. The summed E-state index contributed by atoms with van der Waals surface area (Å²) in [5, 5.41) is 12.7. The summed E-state index contributed by atoms with van der Waals surface area (Å²) in [7, 11) is -2.61. The van der Waals surface area contributed by atoms with Gasteiger partial charge in [-0.1, -0.05) is 48.5 Å². The third-order valence-corrected chi connectivity index (χ3v) is 5.95. The van der Waals surface area contributed by atoms with Crippen molar-refractivity contribution in [2.24, 2.45) is 0 Å². The minimum atomic E-state index is -2.61. The smallest absolute Gasteiger partial charge is 0.304 e. The van der Waals surface area contributed by atoms with Crippen molar-refractivity contribution < 1.29 is 23.1 Å². The number of ether oxygens (including phenoxy) is 1. The highest BCUT2D eigenvalue weighted by Crippen LogP contribution is 2.26. The summed E-state index contributed by atoms with van der Waals surface area (Å²) < 4.78 is 30.3. The molecule has 0 spiro atoms. The Morgan fingerprint density at radius 3 is 2.48 bits per heavy atom. The van der Waals surface area contributed by atoms with Gasteiger partial charge in [-0.15, -0.1) is 0 Å². The molecule has 3 rings (SSSR count). The summed E-state index contributed by atoms with van der Waals surface area (Å²) >= 11 is 0. The molecule has 3 aromatic rings. The molecule has 0 radical (unpaired) electrons. The van der Waals surface area contributed by atoms with Crippen LogP contribution < -0.4 is 10.1 Å². The Hall–Kier alpha value is -3.65. The maximum absolute atomic E-state index is 12.2. The zero-order chi connectivity index (χ0) is 23.6. The lowest BCUT2D eigenvalue weighted by molar-refractivity contribution is -0.137. The molecule has 0 saturated carbocycles. The summed E-state index contributed by atoms with van der Waals surface area (Å²) in [6.45, 7) is 2.44. The fourth-order valence-corrected chi connectivity index (χ4v) is 4.27. The van der Waals surface area contributed by atoms with Crippen LogP contribution >= 0.6 is 0 Å². The number of aromatic nitrogens is 1. The van der Waals surface area contributed by atoms with E-state index in [1.165, 1.54) is 0 Å². The van der Waals surface area contributed by atoms with Gasteiger partial charge >= 0.3 is 5.97 Å². The molecule has 0 fully saturated rings. The van der Waals surface area contributed by atoms with Crippen LogP contribution in [0.2, 0.25) is 0 Å². The van der Waals surface area contributed by atoms with Gasteiger partial charge in [0.2, 0.25) is 10.3 Å². The molecule has 0 bridgehead atoms. The Morgan fingerprint density at radius 1 is 1.06 bits per heavy atom. The van der Waals surface area contributed by atoms with Crippen molar-refractivity contribution in [1.82, 2.24) is 4.98 Å². The van der Waals surface area contributed by atoms with E-state index in [9.17, 15) is 18.3 Å². The van der Waals surface area contributed by atoms with E-state index in [4.69, 9.17) is 4.74 Å². The summed E-state index contributed by atoms with van der Waals surface area (Å²) in [6, 6.07) is 21.3. The van der Waals surface area contributed by atoms with Crippen molar-refractivity contribution in [2.45, 2.75) is 31.7 Å². The molecule has 7 nitrogen and oxygen atoms in total. The summed E-state index contributed by atoms with van der Waals surface area (Å²) in [6.07, 6.45) is 2.09. The highest BCUT2D eigenvalue weighted by molar-refractivity contribution is 7.73. The number of hydrogen-bond donors (Lipinski definition) is 2. The monoisotopic (exact) mass is 466 g/mol. The first kappa shape index (κ1) is 24.0. The first-order valence-electron chi connectivity index (χ1n) is 10.6. The molecule has 0 amide bonds. The molecule has 0 aliphatic carbocycles. The van der Waals surface area contributed by atoms with Crippen molar-refractivity contribution in [3.63, 3.8) is 0 Å². The number of rotatable bonds is 11. The van der Waals surface area contributed by atoms with E-state index in [0.717, 1.165) is 5.82 Å². The molecule has 0 aliphatic heterocycles. The van der Waals surface area contributed by atoms with E-state index in [-0.39, 0.29) is 17.3 Å². The molecule has 1 aromatic heterocycles. The first-order valence-corrected chi connectivity index (χ1v) is 11.6. The fourth-order valence-electron chi connectivity index (χ4n) is 3.50. The van der Waals surface area contributed by atoms with E-state index in [0.29, 0.717) is 29.9 Å². The lowest BCUT2D eigenvalue weighted by atomic mass is 9.89. The Balaban J connectivity index is 1.74. The largest absolute Gasteiger partial charge is 0.493 e. The number of carbonyl (C=O) groups is 1. The zero-order valence-electron chi connectivity index (χ0n) is 18.2. The van der Waals surface area contributed by atoms with Crippen LogP contribution in [0.15, 0.2) is 79.0 Å². The average Bonchev–Trinajstić information content (AvgIpc) is 2.80. The molecule has 2 unspecified atom stereocenters. The molecule has 172 valence electrons. The van der Waals surface area contributed by atoms with Crippen LogP contribution in [0.4, 0.5) is 5.82 Å². The number of hydrogen-bond acceptors (Lipinski definition) is 6. The van der Waals surface area contributed by atoms with Crippen LogP contribution in [0, 0.1) is 0 Å². The van der Waals surface area contributed by atoms with Crippen molar-refractivity contribution in [3.8, 4) is 5.75 Å². The van der Waals surface area contributed by atoms with E-state index in [1.807, 2.05) is 25.1 Å². The van der Waals surface area contributed by atoms with Crippen LogP contribution in [0.25, 0.3) is 0 Å². The maximum atomic E-state index is 12.2. The van der Waals surface area contributed by atoms with Gasteiger partial charge in [0.05, 0.1) is 17.9 Å². The second-order valence-corrected chi connectivity index (χ2v) is 8.49. The molecular weight excluding hydrogens is 440 g/mol. The van der Waals surface area contributed by atoms with Crippen LogP contribution in [-0.2, 0) is 15.1 Å². The summed E-state index contributed by atoms with van der Waals surface area (Å²) in [5.74, 6) is -0.578. The van der Waals surface area contributed by atoms with Gasteiger partial charge in [0.25, 0.3) is 0 Å². The van der Waals surface area contributed by atoms with Crippen LogP contribution in [-0.4, -0.2) is 42.0 Å². The van der Waals surface area contributed by atoms with Gasteiger partial charge in [0.1, 0.15) is 11.6 Å². The number of anilines is 1. The van der Waals surface area contributed by atoms with E-state index >= 15 is 0 Å². The van der Waals surface area contributed by atoms with Crippen LogP contribution in [0.3, 0.4) is 0 Å². The third-order valence-electron chi connectivity index (χ3n) is 5.07. The molecule has 8 heteroatoms. The number of carboxylic acids is 1. The highest BCUT2D eigenvalue weighted by Gasteiger charge is 2.24. The van der Waals surface area contributed by atoms with Gasteiger partial charge in [-0.05, 0) is 42.3 Å². The van der Waals surface area contributed by atoms with E-state index in [2.05, 4.69) is 10.3 Å².